The molecule has 0 N–H and O–H groups in total. The fraction of sp³-hybridized carbons (Fsp3) is 0. The van der Waals surface area contributed by atoms with E-state index in [4.69, 9.17) is 9.97 Å². The molecule has 0 saturated heterocycles. The molecule has 0 radical (unpaired) electrons. The maximum absolute atomic E-state index is 5.29. The van der Waals surface area contributed by atoms with Crippen molar-refractivity contribution in [1.82, 2.24) is 14.5 Å². The van der Waals surface area contributed by atoms with Gasteiger partial charge < -0.3 is 0 Å². The van der Waals surface area contributed by atoms with Crippen molar-refractivity contribution in [2.24, 2.45) is 0 Å². The van der Waals surface area contributed by atoms with E-state index in [1.807, 2.05) is 23.5 Å². The Morgan fingerprint density at radius 2 is 1.04 bits per heavy atom. The van der Waals surface area contributed by atoms with Crippen molar-refractivity contribution in [3.8, 4) is 39.5 Å². The minimum atomic E-state index is 0.941. The Morgan fingerprint density at radius 1 is 0.417 bits per heavy atom. The van der Waals surface area contributed by atoms with Crippen molar-refractivity contribution in [2.45, 2.75) is 0 Å². The quantitative estimate of drug-likeness (QED) is 0.181. The lowest BCUT2D eigenvalue weighted by molar-refractivity contribution is 1.10. The van der Waals surface area contributed by atoms with Gasteiger partial charge >= 0.3 is 0 Å². The SMILES string of the molecule is c1ccc(-c2nc3ccccc3n2-c2ccc(-c3ccc(-c4nc5ccccc5c5ccc6c7ccccc7sc6c45)cc3)cc2)cc1. The number of aromatic nitrogens is 3. The zero-order valence-corrected chi connectivity index (χ0v) is 26.7. The van der Waals surface area contributed by atoms with E-state index >= 15 is 0 Å². The van der Waals surface area contributed by atoms with Crippen LogP contribution in [0.5, 0.6) is 0 Å². The summed E-state index contributed by atoms with van der Waals surface area (Å²) in [4.78, 5) is 10.3. The van der Waals surface area contributed by atoms with Crippen molar-refractivity contribution < 1.29 is 0 Å². The normalized spacial score (nSPS) is 11.8. The molecule has 0 aliphatic heterocycles. The van der Waals surface area contributed by atoms with Crippen LogP contribution in [0.4, 0.5) is 0 Å². The van der Waals surface area contributed by atoms with E-state index in [1.165, 1.54) is 47.5 Å². The number of thiophene rings is 1. The molecule has 0 aliphatic rings. The van der Waals surface area contributed by atoms with Gasteiger partial charge in [-0.2, -0.15) is 0 Å². The Bertz CT molecular complexity index is 2810. The van der Waals surface area contributed by atoms with Crippen molar-refractivity contribution in [3.05, 3.63) is 164 Å². The first-order valence-corrected chi connectivity index (χ1v) is 17.0. The van der Waals surface area contributed by atoms with Gasteiger partial charge in [-0.1, -0.05) is 127 Å². The van der Waals surface area contributed by atoms with Gasteiger partial charge in [0.25, 0.3) is 0 Å². The topological polar surface area (TPSA) is 30.7 Å². The second kappa shape index (κ2) is 10.7. The summed E-state index contributed by atoms with van der Waals surface area (Å²) in [6, 6.07) is 58.2. The van der Waals surface area contributed by atoms with E-state index < -0.39 is 0 Å². The largest absolute Gasteiger partial charge is 0.292 e. The summed E-state index contributed by atoms with van der Waals surface area (Å²) in [6.07, 6.45) is 0. The molecule has 0 amide bonds. The minimum absolute atomic E-state index is 0.941. The van der Waals surface area contributed by atoms with Crippen molar-refractivity contribution in [1.29, 1.82) is 0 Å². The van der Waals surface area contributed by atoms with E-state index in [0.29, 0.717) is 0 Å². The fourth-order valence-corrected chi connectivity index (χ4v) is 8.38. The van der Waals surface area contributed by atoms with Crippen LogP contribution >= 0.6 is 11.3 Å². The van der Waals surface area contributed by atoms with E-state index in [9.17, 15) is 0 Å². The van der Waals surface area contributed by atoms with Crippen LogP contribution in [0, 0.1) is 0 Å². The number of imidazole rings is 1. The van der Waals surface area contributed by atoms with Gasteiger partial charge in [0.05, 0.1) is 22.2 Å². The first-order valence-electron chi connectivity index (χ1n) is 16.2. The second-order valence-electron chi connectivity index (χ2n) is 12.2. The highest BCUT2D eigenvalue weighted by atomic mass is 32.1. The van der Waals surface area contributed by atoms with Gasteiger partial charge in [-0.05, 0) is 52.9 Å². The Kier molecular flexibility index (Phi) is 6.05. The van der Waals surface area contributed by atoms with E-state index in [1.54, 1.807) is 0 Å². The molecule has 224 valence electrons. The minimum Gasteiger partial charge on any atom is -0.292 e. The van der Waals surface area contributed by atoms with Crippen molar-refractivity contribution in [2.75, 3.05) is 0 Å². The lowest BCUT2D eigenvalue weighted by Crippen LogP contribution is -1.97. The highest BCUT2D eigenvalue weighted by Crippen LogP contribution is 2.43. The van der Waals surface area contributed by atoms with Crippen LogP contribution < -0.4 is 0 Å². The molecule has 3 heterocycles. The summed E-state index contributed by atoms with van der Waals surface area (Å²) in [7, 11) is 0. The number of rotatable bonds is 4. The number of para-hydroxylation sites is 3. The van der Waals surface area contributed by atoms with Crippen molar-refractivity contribution in [3.63, 3.8) is 0 Å². The van der Waals surface area contributed by atoms with Crippen LogP contribution in [-0.4, -0.2) is 14.5 Å². The summed E-state index contributed by atoms with van der Waals surface area (Å²) in [5, 5.41) is 6.26. The van der Waals surface area contributed by atoms with E-state index in [-0.39, 0.29) is 0 Å². The monoisotopic (exact) mass is 629 g/mol. The first-order chi connectivity index (χ1) is 23.8. The lowest BCUT2D eigenvalue weighted by Gasteiger charge is -2.13. The average Bonchev–Trinajstić information content (AvgIpc) is 3.74. The molecule has 0 fully saturated rings. The molecular formula is C44H27N3S. The molecule has 10 rings (SSSR count). The summed E-state index contributed by atoms with van der Waals surface area (Å²) in [5.41, 5.74) is 9.76. The molecule has 0 saturated carbocycles. The molecule has 4 heteroatoms. The number of hydrogen-bond donors (Lipinski definition) is 0. The first kappa shape index (κ1) is 27.1. The molecule has 48 heavy (non-hydrogen) atoms. The van der Waals surface area contributed by atoms with Crippen molar-refractivity contribution >= 4 is 64.2 Å². The predicted octanol–water partition coefficient (Wildman–Crippen LogP) is 12.1. The van der Waals surface area contributed by atoms with Gasteiger partial charge in [0.2, 0.25) is 0 Å². The van der Waals surface area contributed by atoms with Gasteiger partial charge in [0.1, 0.15) is 5.82 Å². The van der Waals surface area contributed by atoms with Gasteiger partial charge in [0.15, 0.2) is 0 Å². The van der Waals surface area contributed by atoms with Crippen LogP contribution in [0.25, 0.3) is 92.3 Å². The summed E-state index contributed by atoms with van der Waals surface area (Å²) < 4.78 is 4.85. The zero-order valence-electron chi connectivity index (χ0n) is 25.8. The third-order valence-electron chi connectivity index (χ3n) is 9.42. The second-order valence-corrected chi connectivity index (χ2v) is 13.2. The van der Waals surface area contributed by atoms with Crippen LogP contribution in [0.3, 0.4) is 0 Å². The van der Waals surface area contributed by atoms with E-state index in [2.05, 4.69) is 156 Å². The Morgan fingerprint density at radius 3 is 1.85 bits per heavy atom. The van der Waals surface area contributed by atoms with Crippen LogP contribution in [0.1, 0.15) is 0 Å². The number of fused-ring (bicyclic) bond motifs is 8. The average molecular weight is 630 g/mol. The van der Waals surface area contributed by atoms with E-state index in [0.717, 1.165) is 44.9 Å². The highest BCUT2D eigenvalue weighted by Gasteiger charge is 2.17. The summed E-state index contributed by atoms with van der Waals surface area (Å²) in [6.45, 7) is 0. The Hall–Kier alpha value is -6.10. The molecule has 3 aromatic heterocycles. The number of nitrogens with zero attached hydrogens (tertiary/aromatic N) is 3. The van der Waals surface area contributed by atoms with Crippen LogP contribution in [0.15, 0.2) is 164 Å². The smallest absolute Gasteiger partial charge is 0.145 e. The van der Waals surface area contributed by atoms with Gasteiger partial charge in [-0.3, -0.25) is 4.57 Å². The molecule has 0 spiro atoms. The predicted molar refractivity (Wildman–Crippen MR) is 203 cm³/mol. The maximum atomic E-state index is 5.29. The Balaban J connectivity index is 1.08. The molecule has 0 atom stereocenters. The zero-order chi connectivity index (χ0) is 31.6. The maximum Gasteiger partial charge on any atom is 0.145 e. The van der Waals surface area contributed by atoms with Gasteiger partial charge in [-0.15, -0.1) is 11.3 Å². The number of pyridine rings is 1. The highest BCUT2D eigenvalue weighted by molar-refractivity contribution is 7.26. The molecule has 10 aromatic rings. The molecule has 0 aliphatic carbocycles. The number of hydrogen-bond acceptors (Lipinski definition) is 3. The third kappa shape index (κ3) is 4.20. The Labute approximate surface area is 281 Å². The molecular weight excluding hydrogens is 603 g/mol. The van der Waals surface area contributed by atoms with Gasteiger partial charge in [-0.25, -0.2) is 9.97 Å². The molecule has 0 unspecified atom stereocenters. The standard InChI is InChI=1S/C44H27N3S/c1-2-10-31(11-3-1)44-46-38-15-7-8-16-39(38)47(44)32-24-22-29(23-25-32)28-18-20-30(21-19-28)42-41-35(33-12-4-6-14-37(33)45-42)26-27-36-34-13-5-9-17-40(34)48-43(36)41/h1-27H. The third-order valence-corrected chi connectivity index (χ3v) is 10.6. The number of benzene rings is 7. The van der Waals surface area contributed by atoms with Gasteiger partial charge in [0, 0.05) is 47.8 Å². The molecule has 7 aromatic carbocycles. The van der Waals surface area contributed by atoms with Crippen LogP contribution in [0.2, 0.25) is 0 Å². The summed E-state index contributed by atoms with van der Waals surface area (Å²) in [5.74, 6) is 0.941. The lowest BCUT2D eigenvalue weighted by atomic mass is 9.96. The molecule has 3 nitrogen and oxygen atoms in total. The van der Waals surface area contributed by atoms with Crippen LogP contribution in [-0.2, 0) is 0 Å². The summed E-state index contributed by atoms with van der Waals surface area (Å²) >= 11 is 1.86. The fourth-order valence-electron chi connectivity index (χ4n) is 7.12. The molecule has 0 bridgehead atoms.